The minimum absolute atomic E-state index is 0.136. The highest BCUT2D eigenvalue weighted by atomic mass is 31.1. The van der Waals surface area contributed by atoms with Crippen LogP contribution in [0, 0.1) is 0 Å². The van der Waals surface area contributed by atoms with E-state index in [-0.39, 0.29) is 6.42 Å². The SMILES string of the molecule is O=P[C@@]1(O)C[C@@H](O)O[C@@H]1CO. The highest BCUT2D eigenvalue weighted by molar-refractivity contribution is 7.25. The Morgan fingerprint density at radius 1 is 1.73 bits per heavy atom. The molecule has 6 heteroatoms. The van der Waals surface area contributed by atoms with Crippen LogP contribution in [0.25, 0.3) is 0 Å². The summed E-state index contributed by atoms with van der Waals surface area (Å²) in [5.41, 5.74) is 0. The van der Waals surface area contributed by atoms with E-state index in [4.69, 9.17) is 10.2 Å². The Morgan fingerprint density at radius 2 is 2.36 bits per heavy atom. The van der Waals surface area contributed by atoms with E-state index in [1.807, 2.05) is 0 Å². The van der Waals surface area contributed by atoms with E-state index in [1.165, 1.54) is 0 Å². The number of rotatable bonds is 2. The summed E-state index contributed by atoms with van der Waals surface area (Å²) >= 11 is 0. The van der Waals surface area contributed by atoms with Gasteiger partial charge in [0.05, 0.1) is 6.61 Å². The van der Waals surface area contributed by atoms with E-state index in [1.54, 1.807) is 0 Å². The van der Waals surface area contributed by atoms with E-state index in [2.05, 4.69) is 4.74 Å². The number of aliphatic hydroxyl groups is 3. The second-order valence-corrected chi connectivity index (χ2v) is 3.39. The van der Waals surface area contributed by atoms with Gasteiger partial charge >= 0.3 is 0 Å². The van der Waals surface area contributed by atoms with E-state index in [0.29, 0.717) is 0 Å². The first-order valence-corrected chi connectivity index (χ1v) is 3.95. The van der Waals surface area contributed by atoms with Gasteiger partial charge in [0.1, 0.15) is 6.10 Å². The maximum atomic E-state index is 10.4. The van der Waals surface area contributed by atoms with E-state index in [0.717, 1.165) is 0 Å². The Morgan fingerprint density at radius 3 is 2.73 bits per heavy atom. The largest absolute Gasteiger partial charge is 0.394 e. The van der Waals surface area contributed by atoms with Crippen LogP contribution in [-0.2, 0) is 9.30 Å². The van der Waals surface area contributed by atoms with Gasteiger partial charge in [-0.25, -0.2) is 0 Å². The molecule has 0 amide bonds. The molecule has 0 bridgehead atoms. The molecule has 0 radical (unpaired) electrons. The maximum absolute atomic E-state index is 10.4. The third-order valence-electron chi connectivity index (χ3n) is 1.64. The number of hydrogen-bond donors (Lipinski definition) is 3. The second kappa shape index (κ2) is 3.13. The number of hydrogen-bond acceptors (Lipinski definition) is 5. The zero-order valence-corrected chi connectivity index (χ0v) is 6.57. The third-order valence-corrected chi connectivity index (χ3v) is 2.42. The van der Waals surface area contributed by atoms with Crippen LogP contribution >= 0.6 is 8.46 Å². The standard InChI is InChI=1S/C5H9O5P/c6-2-3-5(8,11-9)1-4(7)10-3/h3-4,6-8H,1-2H2/t3-,4+,5+/m1/s1. The number of ether oxygens (including phenoxy) is 1. The van der Waals surface area contributed by atoms with Crippen molar-refractivity contribution < 1.29 is 24.6 Å². The van der Waals surface area contributed by atoms with Crippen LogP contribution in [0.1, 0.15) is 6.42 Å². The summed E-state index contributed by atoms with van der Waals surface area (Å²) in [5, 5.41) is 25.2. The van der Waals surface area contributed by atoms with Crippen molar-refractivity contribution in [1.29, 1.82) is 0 Å². The molecule has 1 heterocycles. The summed E-state index contributed by atoms with van der Waals surface area (Å²) in [6, 6.07) is 0. The molecule has 11 heavy (non-hydrogen) atoms. The first kappa shape index (κ1) is 9.03. The van der Waals surface area contributed by atoms with Gasteiger partial charge in [-0.1, -0.05) is 0 Å². The molecule has 1 aliphatic rings. The van der Waals surface area contributed by atoms with Crippen molar-refractivity contribution in [1.82, 2.24) is 0 Å². The van der Waals surface area contributed by atoms with Gasteiger partial charge in [0, 0.05) is 6.42 Å². The molecule has 64 valence electrons. The lowest BCUT2D eigenvalue weighted by atomic mass is 10.2. The van der Waals surface area contributed by atoms with Crippen molar-refractivity contribution in [3.8, 4) is 0 Å². The molecular formula is C5H9O5P. The molecule has 1 saturated heterocycles. The molecule has 0 saturated carbocycles. The Hall–Kier alpha value is -0.0600. The van der Waals surface area contributed by atoms with E-state index < -0.39 is 32.8 Å². The average Bonchev–Trinajstić information content (AvgIpc) is 2.27. The lowest BCUT2D eigenvalue weighted by Crippen LogP contribution is -2.34. The summed E-state index contributed by atoms with van der Waals surface area (Å²) in [4.78, 5) is 0. The predicted octanol–water partition coefficient (Wildman–Crippen LogP) is -0.934. The molecule has 0 aromatic carbocycles. The Bertz CT molecular complexity index is 163. The molecule has 1 rings (SSSR count). The second-order valence-electron chi connectivity index (χ2n) is 2.44. The molecule has 0 aliphatic carbocycles. The van der Waals surface area contributed by atoms with Crippen LogP contribution < -0.4 is 0 Å². The molecule has 0 spiro atoms. The van der Waals surface area contributed by atoms with Gasteiger partial charge in [0.25, 0.3) is 0 Å². The van der Waals surface area contributed by atoms with Gasteiger partial charge in [0.2, 0.25) is 0 Å². The minimum Gasteiger partial charge on any atom is -0.394 e. The molecule has 3 N–H and O–H groups in total. The van der Waals surface area contributed by atoms with Crippen LogP contribution in [0.15, 0.2) is 0 Å². The summed E-state index contributed by atoms with van der Waals surface area (Å²) in [5.74, 6) is 0. The van der Waals surface area contributed by atoms with Gasteiger partial charge in [-0.15, -0.1) is 0 Å². The lowest BCUT2D eigenvalue weighted by Gasteiger charge is -2.17. The molecule has 0 unspecified atom stereocenters. The van der Waals surface area contributed by atoms with Crippen LogP contribution in [0.5, 0.6) is 0 Å². The highest BCUT2D eigenvalue weighted by Gasteiger charge is 2.47. The smallest absolute Gasteiger partial charge is 0.193 e. The normalized spacial score (nSPS) is 45.0. The summed E-state index contributed by atoms with van der Waals surface area (Å²) in [6.45, 7) is -0.456. The van der Waals surface area contributed by atoms with Crippen molar-refractivity contribution in [3.05, 3.63) is 0 Å². The fourth-order valence-corrected chi connectivity index (χ4v) is 1.51. The molecule has 0 aromatic heterocycles. The average molecular weight is 180 g/mol. The topological polar surface area (TPSA) is 87.0 Å². The van der Waals surface area contributed by atoms with Crippen LogP contribution in [0.4, 0.5) is 0 Å². The van der Waals surface area contributed by atoms with Crippen LogP contribution in [0.2, 0.25) is 0 Å². The zero-order valence-electron chi connectivity index (χ0n) is 5.67. The Balaban J connectivity index is 2.71. The fourth-order valence-electron chi connectivity index (χ4n) is 1.02. The van der Waals surface area contributed by atoms with Crippen molar-refractivity contribution in [2.45, 2.75) is 24.2 Å². The van der Waals surface area contributed by atoms with Crippen LogP contribution in [0.3, 0.4) is 0 Å². The van der Waals surface area contributed by atoms with Gasteiger partial charge in [-0.3, -0.25) is 4.57 Å². The zero-order chi connectivity index (χ0) is 8.48. The predicted molar refractivity (Wildman–Crippen MR) is 35.1 cm³/mol. The van der Waals surface area contributed by atoms with Gasteiger partial charge in [-0.05, 0) is 0 Å². The molecule has 1 fully saturated rings. The Kier molecular flexibility index (Phi) is 2.57. The maximum Gasteiger partial charge on any atom is 0.193 e. The third kappa shape index (κ3) is 1.58. The first-order valence-electron chi connectivity index (χ1n) is 3.13. The van der Waals surface area contributed by atoms with Crippen molar-refractivity contribution in [2.75, 3.05) is 6.61 Å². The van der Waals surface area contributed by atoms with E-state index in [9.17, 15) is 9.67 Å². The highest BCUT2D eigenvalue weighted by Crippen LogP contribution is 2.37. The van der Waals surface area contributed by atoms with Gasteiger partial charge < -0.3 is 20.1 Å². The Labute approximate surface area is 64.8 Å². The number of aliphatic hydroxyl groups excluding tert-OH is 2. The summed E-state index contributed by atoms with van der Waals surface area (Å²) in [7, 11) is -0.535. The molecule has 0 aromatic rings. The van der Waals surface area contributed by atoms with Crippen molar-refractivity contribution in [2.24, 2.45) is 0 Å². The van der Waals surface area contributed by atoms with Crippen molar-refractivity contribution >= 4 is 8.46 Å². The van der Waals surface area contributed by atoms with Gasteiger partial charge in [0.15, 0.2) is 20.1 Å². The molecule has 5 nitrogen and oxygen atoms in total. The fraction of sp³-hybridized carbons (Fsp3) is 1.00. The summed E-state index contributed by atoms with van der Waals surface area (Å²) < 4.78 is 15.1. The monoisotopic (exact) mass is 180 g/mol. The van der Waals surface area contributed by atoms with Gasteiger partial charge in [-0.2, -0.15) is 0 Å². The summed E-state index contributed by atoms with van der Waals surface area (Å²) in [6.07, 6.45) is -2.24. The van der Waals surface area contributed by atoms with Crippen LogP contribution in [-0.4, -0.2) is 39.7 Å². The molecular weight excluding hydrogens is 171 g/mol. The quantitative estimate of drug-likeness (QED) is 0.478. The molecule has 1 aliphatic heterocycles. The minimum atomic E-state index is -1.63. The lowest BCUT2D eigenvalue weighted by molar-refractivity contribution is -0.110. The van der Waals surface area contributed by atoms with E-state index >= 15 is 0 Å². The first-order chi connectivity index (χ1) is 5.12. The van der Waals surface area contributed by atoms with Crippen molar-refractivity contribution in [3.63, 3.8) is 0 Å². The molecule has 3 atom stereocenters.